The monoisotopic (exact) mass is 324 g/mol. The molecule has 116 valence electrons. The summed E-state index contributed by atoms with van der Waals surface area (Å²) in [7, 11) is 0. The van der Waals surface area contributed by atoms with Crippen LogP contribution in [0.2, 0.25) is 0 Å². The molecule has 0 bridgehead atoms. The number of benzene rings is 1. The summed E-state index contributed by atoms with van der Waals surface area (Å²) in [6, 6.07) is 13.4. The van der Waals surface area contributed by atoms with Crippen molar-refractivity contribution in [2.45, 2.75) is 13.8 Å². The molecule has 23 heavy (non-hydrogen) atoms. The van der Waals surface area contributed by atoms with Gasteiger partial charge in [-0.05, 0) is 37.6 Å². The number of thiazole rings is 1. The summed E-state index contributed by atoms with van der Waals surface area (Å²) in [6.45, 7) is 3.88. The lowest BCUT2D eigenvalue weighted by atomic mass is 10.2. The Labute approximate surface area is 138 Å². The van der Waals surface area contributed by atoms with E-state index >= 15 is 0 Å². The molecule has 0 radical (unpaired) electrons. The Bertz CT molecular complexity index is 844. The Balaban J connectivity index is 1.71. The van der Waals surface area contributed by atoms with Crippen molar-refractivity contribution in [1.29, 1.82) is 0 Å². The van der Waals surface area contributed by atoms with Gasteiger partial charge in [0, 0.05) is 16.8 Å². The van der Waals surface area contributed by atoms with E-state index in [9.17, 15) is 4.79 Å². The van der Waals surface area contributed by atoms with Crippen molar-refractivity contribution in [3.8, 4) is 0 Å². The highest BCUT2D eigenvalue weighted by molar-refractivity contribution is 7.14. The molecule has 0 aliphatic rings. The maximum atomic E-state index is 12.3. The fourth-order valence-corrected chi connectivity index (χ4v) is 2.75. The van der Waals surface area contributed by atoms with Crippen LogP contribution in [0.4, 0.5) is 16.6 Å². The summed E-state index contributed by atoms with van der Waals surface area (Å²) in [5.41, 5.74) is 3.11. The zero-order chi connectivity index (χ0) is 16.2. The number of carbonyl (C=O) groups is 1. The van der Waals surface area contributed by atoms with E-state index in [2.05, 4.69) is 20.6 Å². The number of nitrogens with zero attached hydrogens (tertiary/aromatic N) is 2. The van der Waals surface area contributed by atoms with E-state index < -0.39 is 0 Å². The van der Waals surface area contributed by atoms with E-state index in [1.165, 1.54) is 11.3 Å². The van der Waals surface area contributed by atoms with E-state index in [1.807, 2.05) is 56.3 Å². The molecular weight excluding hydrogens is 308 g/mol. The SMILES string of the molecule is Cc1cccc(Nc2nc(C(=O)Nc3ccccc3C)cs2)n1. The van der Waals surface area contributed by atoms with Gasteiger partial charge in [-0.3, -0.25) is 4.79 Å². The minimum Gasteiger partial charge on any atom is -0.320 e. The Hall–Kier alpha value is -2.73. The lowest BCUT2D eigenvalue weighted by molar-refractivity contribution is 0.102. The third-order valence-corrected chi connectivity index (χ3v) is 4.01. The predicted octanol–water partition coefficient (Wildman–Crippen LogP) is 4.15. The van der Waals surface area contributed by atoms with Gasteiger partial charge in [-0.1, -0.05) is 24.3 Å². The highest BCUT2D eigenvalue weighted by atomic mass is 32.1. The molecule has 2 N–H and O–H groups in total. The first-order chi connectivity index (χ1) is 11.1. The predicted molar refractivity (Wildman–Crippen MR) is 93.5 cm³/mol. The zero-order valence-electron chi connectivity index (χ0n) is 12.8. The molecule has 1 amide bonds. The molecule has 3 aromatic rings. The van der Waals surface area contributed by atoms with Crippen molar-refractivity contribution in [3.05, 3.63) is 64.8 Å². The van der Waals surface area contributed by atoms with Gasteiger partial charge in [-0.25, -0.2) is 9.97 Å². The fourth-order valence-electron chi connectivity index (χ4n) is 2.06. The van der Waals surface area contributed by atoms with Crippen LogP contribution in [0.5, 0.6) is 0 Å². The van der Waals surface area contributed by atoms with Crippen LogP contribution in [0, 0.1) is 13.8 Å². The molecule has 0 spiro atoms. The standard InChI is InChI=1S/C17H16N4OS/c1-11-6-3-4-8-13(11)19-16(22)14-10-23-17(20-14)21-15-9-5-7-12(2)18-15/h3-10H,1-2H3,(H,19,22)(H,18,20,21). The van der Waals surface area contributed by atoms with Crippen LogP contribution in [-0.2, 0) is 0 Å². The van der Waals surface area contributed by atoms with Gasteiger partial charge in [-0.2, -0.15) is 0 Å². The molecule has 0 aliphatic carbocycles. The molecule has 0 saturated carbocycles. The van der Waals surface area contributed by atoms with Crippen molar-refractivity contribution in [2.24, 2.45) is 0 Å². The average Bonchev–Trinajstić information content (AvgIpc) is 2.98. The van der Waals surface area contributed by atoms with Crippen LogP contribution in [-0.4, -0.2) is 15.9 Å². The molecule has 2 aromatic heterocycles. The Morgan fingerprint density at radius 3 is 2.65 bits per heavy atom. The molecule has 3 rings (SSSR count). The highest BCUT2D eigenvalue weighted by Gasteiger charge is 2.12. The van der Waals surface area contributed by atoms with Gasteiger partial charge < -0.3 is 10.6 Å². The van der Waals surface area contributed by atoms with Crippen LogP contribution < -0.4 is 10.6 Å². The number of pyridine rings is 1. The largest absolute Gasteiger partial charge is 0.320 e. The lowest BCUT2D eigenvalue weighted by Gasteiger charge is -2.06. The van der Waals surface area contributed by atoms with Crippen LogP contribution in [0.3, 0.4) is 0 Å². The Kier molecular flexibility index (Phi) is 4.34. The van der Waals surface area contributed by atoms with E-state index in [0.717, 1.165) is 16.9 Å². The van der Waals surface area contributed by atoms with Gasteiger partial charge in [0.15, 0.2) is 5.13 Å². The second-order valence-corrected chi connectivity index (χ2v) is 5.95. The molecule has 2 heterocycles. The van der Waals surface area contributed by atoms with Crippen molar-refractivity contribution in [2.75, 3.05) is 10.6 Å². The summed E-state index contributed by atoms with van der Waals surface area (Å²) < 4.78 is 0. The maximum Gasteiger partial charge on any atom is 0.275 e. The second-order valence-electron chi connectivity index (χ2n) is 5.10. The number of aryl methyl sites for hydroxylation is 2. The van der Waals surface area contributed by atoms with Crippen molar-refractivity contribution >= 4 is 33.9 Å². The minimum absolute atomic E-state index is 0.221. The number of carbonyl (C=O) groups excluding carboxylic acids is 1. The molecular formula is C17H16N4OS. The summed E-state index contributed by atoms with van der Waals surface area (Å²) in [5, 5.41) is 8.35. The topological polar surface area (TPSA) is 66.9 Å². The van der Waals surface area contributed by atoms with Crippen LogP contribution >= 0.6 is 11.3 Å². The summed E-state index contributed by atoms with van der Waals surface area (Å²) >= 11 is 1.37. The van der Waals surface area contributed by atoms with Crippen LogP contribution in [0.15, 0.2) is 47.8 Å². The number of nitrogens with one attached hydrogen (secondary N) is 2. The quantitative estimate of drug-likeness (QED) is 0.756. The number of amides is 1. The molecule has 1 aromatic carbocycles. The first-order valence-corrected chi connectivity index (χ1v) is 8.03. The normalized spacial score (nSPS) is 10.3. The number of hydrogen-bond donors (Lipinski definition) is 2. The number of anilines is 3. The minimum atomic E-state index is -0.221. The Morgan fingerprint density at radius 1 is 1.04 bits per heavy atom. The van der Waals surface area contributed by atoms with E-state index in [1.54, 1.807) is 5.38 Å². The molecule has 0 atom stereocenters. The van der Waals surface area contributed by atoms with Gasteiger partial charge >= 0.3 is 0 Å². The second kappa shape index (κ2) is 6.58. The van der Waals surface area contributed by atoms with Crippen molar-refractivity contribution < 1.29 is 4.79 Å². The Morgan fingerprint density at radius 2 is 1.87 bits per heavy atom. The highest BCUT2D eigenvalue weighted by Crippen LogP contribution is 2.21. The maximum absolute atomic E-state index is 12.3. The molecule has 0 unspecified atom stereocenters. The van der Waals surface area contributed by atoms with Gasteiger partial charge in [0.05, 0.1) is 0 Å². The molecule has 6 heteroatoms. The van der Waals surface area contributed by atoms with E-state index in [-0.39, 0.29) is 5.91 Å². The zero-order valence-corrected chi connectivity index (χ0v) is 13.6. The number of hydrogen-bond acceptors (Lipinski definition) is 5. The third kappa shape index (κ3) is 3.73. The average molecular weight is 324 g/mol. The van der Waals surface area contributed by atoms with Gasteiger partial charge in [-0.15, -0.1) is 11.3 Å². The molecule has 0 aliphatic heterocycles. The van der Waals surface area contributed by atoms with Gasteiger partial charge in [0.2, 0.25) is 0 Å². The van der Waals surface area contributed by atoms with E-state index in [4.69, 9.17) is 0 Å². The summed E-state index contributed by atoms with van der Waals surface area (Å²) in [5.74, 6) is 0.492. The van der Waals surface area contributed by atoms with Gasteiger partial charge in [0.25, 0.3) is 5.91 Å². The first kappa shape index (κ1) is 15.2. The number of aromatic nitrogens is 2. The van der Waals surface area contributed by atoms with Crippen molar-refractivity contribution in [3.63, 3.8) is 0 Å². The molecule has 0 fully saturated rings. The molecule has 0 saturated heterocycles. The lowest BCUT2D eigenvalue weighted by Crippen LogP contribution is -2.13. The van der Waals surface area contributed by atoms with Crippen LogP contribution in [0.25, 0.3) is 0 Å². The summed E-state index contributed by atoms with van der Waals surface area (Å²) in [4.78, 5) is 20.9. The summed E-state index contributed by atoms with van der Waals surface area (Å²) in [6.07, 6.45) is 0. The number of rotatable bonds is 4. The molecule has 5 nitrogen and oxygen atoms in total. The third-order valence-electron chi connectivity index (χ3n) is 3.25. The number of para-hydroxylation sites is 1. The smallest absolute Gasteiger partial charge is 0.275 e. The van der Waals surface area contributed by atoms with E-state index in [0.29, 0.717) is 16.6 Å². The fraction of sp³-hybridized carbons (Fsp3) is 0.118. The van der Waals surface area contributed by atoms with Gasteiger partial charge in [0.1, 0.15) is 11.5 Å². The first-order valence-electron chi connectivity index (χ1n) is 7.15. The van der Waals surface area contributed by atoms with Crippen LogP contribution in [0.1, 0.15) is 21.7 Å². The van der Waals surface area contributed by atoms with Crippen molar-refractivity contribution in [1.82, 2.24) is 9.97 Å².